The number of hydrogen-bond acceptors (Lipinski definition) is 3. The van der Waals surface area contributed by atoms with Gasteiger partial charge in [0.15, 0.2) is 17.4 Å². The van der Waals surface area contributed by atoms with Gasteiger partial charge in [0.05, 0.1) is 18.7 Å². The second kappa shape index (κ2) is 5.90. The van der Waals surface area contributed by atoms with Gasteiger partial charge in [-0.15, -0.1) is 0 Å². The summed E-state index contributed by atoms with van der Waals surface area (Å²) < 4.78 is 38.9. The Morgan fingerprint density at radius 3 is 2.75 bits per heavy atom. The average molecular weight is 283 g/mol. The minimum absolute atomic E-state index is 0.114. The lowest BCUT2D eigenvalue weighted by atomic mass is 10.2. The Morgan fingerprint density at radius 2 is 2.10 bits per heavy atom. The van der Waals surface area contributed by atoms with Crippen LogP contribution in [0, 0.1) is 11.6 Å². The quantitative estimate of drug-likeness (QED) is 0.858. The number of rotatable bonds is 4. The Morgan fingerprint density at radius 1 is 1.35 bits per heavy atom. The SMILES string of the molecule is CCCOC(=O)n1ccc2c(F)c(OCC)c(F)cc21. The molecule has 0 saturated heterocycles. The second-order valence-electron chi connectivity index (χ2n) is 4.17. The van der Waals surface area contributed by atoms with E-state index >= 15 is 0 Å². The van der Waals surface area contributed by atoms with E-state index in [-0.39, 0.29) is 24.1 Å². The molecule has 0 N–H and O–H groups in total. The first kappa shape index (κ1) is 14.3. The molecule has 0 amide bonds. The van der Waals surface area contributed by atoms with Crippen molar-refractivity contribution in [2.75, 3.05) is 13.2 Å². The molecular formula is C14H15F2NO3. The van der Waals surface area contributed by atoms with Crippen LogP contribution in [0.1, 0.15) is 20.3 Å². The summed E-state index contributed by atoms with van der Waals surface area (Å²) in [4.78, 5) is 11.8. The molecule has 0 aliphatic carbocycles. The van der Waals surface area contributed by atoms with Gasteiger partial charge in [-0.3, -0.25) is 4.57 Å². The molecule has 0 unspecified atom stereocenters. The molecule has 0 atom stereocenters. The minimum Gasteiger partial charge on any atom is -0.488 e. The number of halogens is 2. The molecule has 20 heavy (non-hydrogen) atoms. The summed E-state index contributed by atoms with van der Waals surface area (Å²) in [6, 6.07) is 2.45. The topological polar surface area (TPSA) is 40.5 Å². The molecule has 1 aromatic heterocycles. The number of benzene rings is 1. The van der Waals surface area contributed by atoms with E-state index in [1.54, 1.807) is 6.92 Å². The van der Waals surface area contributed by atoms with Crippen LogP contribution in [-0.4, -0.2) is 23.9 Å². The molecule has 1 aromatic carbocycles. The molecule has 0 spiro atoms. The summed E-state index contributed by atoms with van der Waals surface area (Å²) in [5, 5.41) is 0.114. The van der Waals surface area contributed by atoms with E-state index < -0.39 is 23.5 Å². The van der Waals surface area contributed by atoms with Crippen molar-refractivity contribution in [1.82, 2.24) is 4.57 Å². The predicted octanol–water partition coefficient (Wildman–Crippen LogP) is 3.71. The summed E-state index contributed by atoms with van der Waals surface area (Å²) in [5.41, 5.74) is 0.115. The summed E-state index contributed by atoms with van der Waals surface area (Å²) >= 11 is 0. The van der Waals surface area contributed by atoms with Gasteiger partial charge in [-0.25, -0.2) is 13.6 Å². The lowest BCUT2D eigenvalue weighted by Crippen LogP contribution is -2.13. The van der Waals surface area contributed by atoms with Crippen molar-refractivity contribution in [3.8, 4) is 5.75 Å². The zero-order valence-electron chi connectivity index (χ0n) is 11.3. The summed E-state index contributed by atoms with van der Waals surface area (Å²) in [6.07, 6.45) is 1.35. The summed E-state index contributed by atoms with van der Waals surface area (Å²) in [6.45, 7) is 3.89. The molecule has 6 heteroatoms. The smallest absolute Gasteiger partial charge is 0.418 e. The Hall–Kier alpha value is -2.11. The third kappa shape index (κ3) is 2.45. The molecule has 2 rings (SSSR count). The van der Waals surface area contributed by atoms with Crippen molar-refractivity contribution in [3.63, 3.8) is 0 Å². The van der Waals surface area contributed by atoms with Gasteiger partial charge in [-0.1, -0.05) is 6.92 Å². The largest absolute Gasteiger partial charge is 0.488 e. The fraction of sp³-hybridized carbons (Fsp3) is 0.357. The van der Waals surface area contributed by atoms with E-state index in [4.69, 9.17) is 9.47 Å². The van der Waals surface area contributed by atoms with Crippen LogP contribution in [0.4, 0.5) is 13.6 Å². The van der Waals surface area contributed by atoms with Crippen molar-refractivity contribution in [2.45, 2.75) is 20.3 Å². The van der Waals surface area contributed by atoms with Gasteiger partial charge in [-0.05, 0) is 19.4 Å². The molecule has 0 radical (unpaired) electrons. The van der Waals surface area contributed by atoms with E-state index in [0.717, 1.165) is 10.6 Å². The van der Waals surface area contributed by atoms with Gasteiger partial charge >= 0.3 is 6.09 Å². The van der Waals surface area contributed by atoms with Gasteiger partial charge in [0.2, 0.25) is 0 Å². The first-order valence-electron chi connectivity index (χ1n) is 6.39. The highest BCUT2D eigenvalue weighted by Gasteiger charge is 2.19. The Labute approximate surface area is 114 Å². The lowest BCUT2D eigenvalue weighted by Gasteiger charge is -2.09. The van der Waals surface area contributed by atoms with Crippen molar-refractivity contribution in [2.24, 2.45) is 0 Å². The molecule has 4 nitrogen and oxygen atoms in total. The highest BCUT2D eigenvalue weighted by Crippen LogP contribution is 2.30. The number of ether oxygens (including phenoxy) is 2. The van der Waals surface area contributed by atoms with Gasteiger partial charge in [0.25, 0.3) is 0 Å². The fourth-order valence-corrected chi connectivity index (χ4v) is 1.88. The van der Waals surface area contributed by atoms with Crippen LogP contribution in [0.5, 0.6) is 5.75 Å². The van der Waals surface area contributed by atoms with E-state index in [9.17, 15) is 13.6 Å². The zero-order valence-corrected chi connectivity index (χ0v) is 11.3. The van der Waals surface area contributed by atoms with Crippen LogP contribution in [-0.2, 0) is 4.74 Å². The van der Waals surface area contributed by atoms with Crippen LogP contribution >= 0.6 is 0 Å². The normalized spacial score (nSPS) is 10.8. The monoisotopic (exact) mass is 283 g/mol. The Bertz CT molecular complexity index is 637. The number of carbonyl (C=O) groups excluding carboxylic acids is 1. The van der Waals surface area contributed by atoms with E-state index in [0.29, 0.717) is 6.42 Å². The predicted molar refractivity (Wildman–Crippen MR) is 70.1 cm³/mol. The maximum Gasteiger partial charge on any atom is 0.418 e. The molecule has 0 bridgehead atoms. The fourth-order valence-electron chi connectivity index (χ4n) is 1.88. The first-order valence-corrected chi connectivity index (χ1v) is 6.39. The maximum absolute atomic E-state index is 14.1. The number of hydrogen-bond donors (Lipinski definition) is 0. The number of carbonyl (C=O) groups is 1. The van der Waals surface area contributed by atoms with Crippen molar-refractivity contribution >= 4 is 17.0 Å². The molecule has 0 aliphatic heterocycles. The summed E-state index contributed by atoms with van der Waals surface area (Å²) in [7, 11) is 0. The van der Waals surface area contributed by atoms with Crippen LogP contribution < -0.4 is 4.74 Å². The Kier molecular flexibility index (Phi) is 4.22. The van der Waals surface area contributed by atoms with Crippen LogP contribution in [0.15, 0.2) is 18.3 Å². The van der Waals surface area contributed by atoms with Gasteiger partial charge < -0.3 is 9.47 Å². The third-order valence-electron chi connectivity index (χ3n) is 2.76. The lowest BCUT2D eigenvalue weighted by molar-refractivity contribution is 0.149. The molecule has 1 heterocycles. The van der Waals surface area contributed by atoms with Crippen molar-refractivity contribution < 1.29 is 23.0 Å². The summed E-state index contributed by atoms with van der Waals surface area (Å²) in [5.74, 6) is -2.09. The number of nitrogens with zero attached hydrogens (tertiary/aromatic N) is 1. The van der Waals surface area contributed by atoms with Gasteiger partial charge in [0.1, 0.15) is 0 Å². The van der Waals surface area contributed by atoms with Crippen molar-refractivity contribution in [1.29, 1.82) is 0 Å². The van der Waals surface area contributed by atoms with E-state index in [1.165, 1.54) is 12.3 Å². The molecule has 0 fully saturated rings. The van der Waals surface area contributed by atoms with Crippen molar-refractivity contribution in [3.05, 3.63) is 30.0 Å². The Balaban J connectivity index is 2.48. The zero-order chi connectivity index (χ0) is 14.7. The third-order valence-corrected chi connectivity index (χ3v) is 2.76. The average Bonchev–Trinajstić information content (AvgIpc) is 2.84. The van der Waals surface area contributed by atoms with Crippen LogP contribution in [0.2, 0.25) is 0 Å². The van der Waals surface area contributed by atoms with Crippen LogP contribution in [0.3, 0.4) is 0 Å². The number of aromatic nitrogens is 1. The maximum atomic E-state index is 14.1. The number of fused-ring (bicyclic) bond motifs is 1. The van der Waals surface area contributed by atoms with E-state index in [2.05, 4.69) is 0 Å². The molecule has 0 saturated carbocycles. The molecule has 2 aromatic rings. The standard InChI is InChI=1S/C14H15F2NO3/c1-3-7-20-14(18)17-6-5-9-11(17)8-10(15)13(12(9)16)19-4-2/h5-6,8H,3-4,7H2,1-2H3. The molecule has 0 aliphatic rings. The van der Waals surface area contributed by atoms with Crippen LogP contribution in [0.25, 0.3) is 10.9 Å². The highest BCUT2D eigenvalue weighted by molar-refractivity contribution is 5.90. The molecule has 108 valence electrons. The van der Waals surface area contributed by atoms with Gasteiger partial charge in [0, 0.05) is 17.6 Å². The van der Waals surface area contributed by atoms with E-state index in [1.807, 2.05) is 6.92 Å². The first-order chi connectivity index (χ1) is 9.60. The highest BCUT2D eigenvalue weighted by atomic mass is 19.1. The second-order valence-corrected chi connectivity index (χ2v) is 4.17. The minimum atomic E-state index is -0.847. The molecular weight excluding hydrogens is 268 g/mol. The van der Waals surface area contributed by atoms with Gasteiger partial charge in [-0.2, -0.15) is 0 Å².